The molecule has 2 unspecified atom stereocenters. The van der Waals surface area contributed by atoms with E-state index in [2.05, 4.69) is 0 Å². The molecule has 0 bridgehead atoms. The van der Waals surface area contributed by atoms with Gasteiger partial charge in [0.1, 0.15) is 6.61 Å². The molecule has 0 aromatic carbocycles. The molecule has 1 fully saturated rings. The third kappa shape index (κ3) is 3.96. The zero-order valence-corrected chi connectivity index (χ0v) is 11.2. The maximum absolute atomic E-state index is 12.0. The minimum atomic E-state index is -0.504. The SMILES string of the molecule is CC(C)OCCOC(=O)C1(C)CCCCC1N. The van der Waals surface area contributed by atoms with Gasteiger partial charge in [0, 0.05) is 6.04 Å². The van der Waals surface area contributed by atoms with Crippen LogP contribution in [-0.2, 0) is 14.3 Å². The molecular formula is C13H25NO3. The van der Waals surface area contributed by atoms with E-state index in [-0.39, 0.29) is 18.1 Å². The summed E-state index contributed by atoms with van der Waals surface area (Å²) in [6.07, 6.45) is 4.08. The minimum absolute atomic E-state index is 0.0743. The molecule has 1 aliphatic carbocycles. The van der Waals surface area contributed by atoms with Crippen LogP contribution < -0.4 is 5.73 Å². The first-order valence-electron chi connectivity index (χ1n) is 6.51. The Bertz CT molecular complexity index is 255. The highest BCUT2D eigenvalue weighted by atomic mass is 16.6. The number of rotatable bonds is 5. The van der Waals surface area contributed by atoms with Crippen LogP contribution in [0.4, 0.5) is 0 Å². The number of carbonyl (C=O) groups is 1. The maximum atomic E-state index is 12.0. The summed E-state index contributed by atoms with van der Waals surface area (Å²) in [4.78, 5) is 12.0. The molecule has 0 aliphatic heterocycles. The Kier molecular flexibility index (Phi) is 5.40. The van der Waals surface area contributed by atoms with Crippen molar-refractivity contribution in [2.24, 2.45) is 11.1 Å². The highest BCUT2D eigenvalue weighted by molar-refractivity contribution is 5.77. The van der Waals surface area contributed by atoms with Gasteiger partial charge in [-0.2, -0.15) is 0 Å². The Morgan fingerprint density at radius 2 is 2.12 bits per heavy atom. The van der Waals surface area contributed by atoms with Crippen molar-refractivity contribution < 1.29 is 14.3 Å². The number of ether oxygens (including phenoxy) is 2. The average molecular weight is 243 g/mol. The molecule has 0 amide bonds. The summed E-state index contributed by atoms with van der Waals surface area (Å²) >= 11 is 0. The highest BCUT2D eigenvalue weighted by Crippen LogP contribution is 2.36. The maximum Gasteiger partial charge on any atom is 0.313 e. The number of hydrogen-bond donors (Lipinski definition) is 1. The van der Waals surface area contributed by atoms with E-state index >= 15 is 0 Å². The summed E-state index contributed by atoms with van der Waals surface area (Å²) in [6.45, 7) is 6.61. The largest absolute Gasteiger partial charge is 0.463 e. The van der Waals surface area contributed by atoms with Gasteiger partial charge >= 0.3 is 5.97 Å². The molecule has 0 heterocycles. The van der Waals surface area contributed by atoms with E-state index in [1.165, 1.54) is 0 Å². The van der Waals surface area contributed by atoms with Gasteiger partial charge in [0.2, 0.25) is 0 Å². The summed E-state index contributed by atoms with van der Waals surface area (Å²) in [6, 6.07) is -0.0743. The first-order valence-corrected chi connectivity index (χ1v) is 6.51. The van der Waals surface area contributed by atoms with E-state index in [1.54, 1.807) is 0 Å². The number of nitrogens with two attached hydrogens (primary N) is 1. The van der Waals surface area contributed by atoms with E-state index in [0.717, 1.165) is 25.7 Å². The molecule has 2 N–H and O–H groups in total. The fraction of sp³-hybridized carbons (Fsp3) is 0.923. The zero-order chi connectivity index (χ0) is 12.9. The van der Waals surface area contributed by atoms with Crippen LogP contribution in [0, 0.1) is 5.41 Å². The lowest BCUT2D eigenvalue weighted by Crippen LogP contribution is -2.48. The number of esters is 1. The van der Waals surface area contributed by atoms with Crippen LogP contribution in [0.15, 0.2) is 0 Å². The monoisotopic (exact) mass is 243 g/mol. The topological polar surface area (TPSA) is 61.5 Å². The lowest BCUT2D eigenvalue weighted by atomic mass is 9.72. The normalized spacial score (nSPS) is 29.4. The fourth-order valence-electron chi connectivity index (χ4n) is 2.20. The van der Waals surface area contributed by atoms with Crippen LogP contribution in [-0.4, -0.2) is 31.3 Å². The second-order valence-electron chi connectivity index (χ2n) is 5.33. The van der Waals surface area contributed by atoms with Crippen LogP contribution in [0.3, 0.4) is 0 Å². The van der Waals surface area contributed by atoms with Crippen molar-refractivity contribution >= 4 is 5.97 Å². The molecule has 0 saturated heterocycles. The lowest BCUT2D eigenvalue weighted by molar-refractivity contribution is -0.160. The van der Waals surface area contributed by atoms with Gasteiger partial charge in [-0.15, -0.1) is 0 Å². The van der Waals surface area contributed by atoms with Crippen molar-refractivity contribution in [2.75, 3.05) is 13.2 Å². The van der Waals surface area contributed by atoms with Crippen molar-refractivity contribution in [3.63, 3.8) is 0 Å². The van der Waals surface area contributed by atoms with Gasteiger partial charge < -0.3 is 15.2 Å². The predicted molar refractivity (Wildman–Crippen MR) is 66.6 cm³/mol. The second kappa shape index (κ2) is 6.36. The summed E-state index contributed by atoms with van der Waals surface area (Å²) in [5, 5.41) is 0. The lowest BCUT2D eigenvalue weighted by Gasteiger charge is -2.36. The van der Waals surface area contributed by atoms with Crippen LogP contribution >= 0.6 is 0 Å². The minimum Gasteiger partial charge on any atom is -0.463 e. The molecule has 4 nitrogen and oxygen atoms in total. The van der Waals surface area contributed by atoms with Gasteiger partial charge in [-0.05, 0) is 33.6 Å². The number of hydrogen-bond acceptors (Lipinski definition) is 4. The zero-order valence-electron chi connectivity index (χ0n) is 11.2. The fourth-order valence-corrected chi connectivity index (χ4v) is 2.20. The molecule has 4 heteroatoms. The standard InChI is InChI=1S/C13H25NO3/c1-10(2)16-8-9-17-12(15)13(3)7-5-4-6-11(13)14/h10-11H,4-9,14H2,1-3H3. The van der Waals surface area contributed by atoms with Gasteiger partial charge in [0.25, 0.3) is 0 Å². The predicted octanol–water partition coefficient (Wildman–Crippen LogP) is 1.86. The van der Waals surface area contributed by atoms with E-state index in [1.807, 2.05) is 20.8 Å². The van der Waals surface area contributed by atoms with Gasteiger partial charge in [-0.1, -0.05) is 12.8 Å². The van der Waals surface area contributed by atoms with Crippen molar-refractivity contribution in [1.82, 2.24) is 0 Å². The van der Waals surface area contributed by atoms with Crippen molar-refractivity contribution in [3.05, 3.63) is 0 Å². The first kappa shape index (κ1) is 14.5. The van der Waals surface area contributed by atoms with Crippen molar-refractivity contribution in [1.29, 1.82) is 0 Å². The Labute approximate surface area is 104 Å². The van der Waals surface area contributed by atoms with Crippen LogP contribution in [0.2, 0.25) is 0 Å². The quantitative estimate of drug-likeness (QED) is 0.591. The molecule has 0 aromatic heterocycles. The van der Waals surface area contributed by atoms with E-state index in [4.69, 9.17) is 15.2 Å². The van der Waals surface area contributed by atoms with Gasteiger partial charge in [-0.25, -0.2) is 0 Å². The molecule has 0 radical (unpaired) electrons. The van der Waals surface area contributed by atoms with Gasteiger partial charge in [0.15, 0.2) is 0 Å². The van der Waals surface area contributed by atoms with Crippen LogP contribution in [0.25, 0.3) is 0 Å². The van der Waals surface area contributed by atoms with Crippen molar-refractivity contribution in [3.8, 4) is 0 Å². The molecule has 17 heavy (non-hydrogen) atoms. The van der Waals surface area contributed by atoms with Gasteiger partial charge in [0.05, 0.1) is 18.1 Å². The molecule has 1 rings (SSSR count). The Morgan fingerprint density at radius 1 is 1.41 bits per heavy atom. The molecule has 1 saturated carbocycles. The number of carbonyl (C=O) groups excluding carboxylic acids is 1. The van der Waals surface area contributed by atoms with E-state index in [9.17, 15) is 4.79 Å². The summed E-state index contributed by atoms with van der Waals surface area (Å²) in [5.74, 6) is -0.169. The van der Waals surface area contributed by atoms with E-state index < -0.39 is 5.41 Å². The first-order chi connectivity index (χ1) is 7.97. The Hall–Kier alpha value is -0.610. The Morgan fingerprint density at radius 3 is 2.71 bits per heavy atom. The molecular weight excluding hydrogens is 218 g/mol. The molecule has 2 atom stereocenters. The van der Waals surface area contributed by atoms with Crippen LogP contribution in [0.5, 0.6) is 0 Å². The van der Waals surface area contributed by atoms with E-state index in [0.29, 0.717) is 13.2 Å². The Balaban J connectivity index is 2.35. The highest BCUT2D eigenvalue weighted by Gasteiger charge is 2.42. The van der Waals surface area contributed by atoms with Gasteiger partial charge in [-0.3, -0.25) is 4.79 Å². The van der Waals surface area contributed by atoms with Crippen molar-refractivity contribution in [2.45, 2.75) is 58.6 Å². The third-order valence-corrected chi connectivity index (χ3v) is 3.51. The molecule has 100 valence electrons. The molecule has 0 spiro atoms. The summed E-state index contributed by atoms with van der Waals surface area (Å²) in [5.41, 5.74) is 5.53. The average Bonchev–Trinajstić information content (AvgIpc) is 2.28. The summed E-state index contributed by atoms with van der Waals surface area (Å²) < 4.78 is 10.6. The second-order valence-corrected chi connectivity index (χ2v) is 5.33. The molecule has 1 aliphatic rings. The smallest absolute Gasteiger partial charge is 0.313 e. The summed E-state index contributed by atoms with van der Waals surface area (Å²) in [7, 11) is 0. The molecule has 0 aromatic rings. The van der Waals surface area contributed by atoms with Crippen LogP contribution in [0.1, 0.15) is 46.5 Å². The third-order valence-electron chi connectivity index (χ3n) is 3.51.